The minimum Gasteiger partial charge on any atom is -0.480 e. The molecule has 0 bridgehead atoms. The van der Waals surface area contributed by atoms with Gasteiger partial charge in [-0.1, -0.05) is 20.8 Å². The summed E-state index contributed by atoms with van der Waals surface area (Å²) in [7, 11) is 3.56. The van der Waals surface area contributed by atoms with Crippen molar-refractivity contribution in [3.8, 4) is 0 Å². The number of hydrogen-bond acceptors (Lipinski definition) is 2. The van der Waals surface area contributed by atoms with E-state index in [1.54, 1.807) is 19.0 Å². The molecule has 3 nitrogen and oxygen atoms in total. The van der Waals surface area contributed by atoms with Gasteiger partial charge in [0.25, 0.3) is 0 Å². The Morgan fingerprint density at radius 1 is 1.36 bits per heavy atom. The van der Waals surface area contributed by atoms with Gasteiger partial charge in [0.05, 0.1) is 0 Å². The number of hydrogen-bond donors (Lipinski definition) is 1. The van der Waals surface area contributed by atoms with Crippen LogP contribution in [0.1, 0.15) is 20.8 Å². The van der Waals surface area contributed by atoms with Crippen molar-refractivity contribution in [1.29, 1.82) is 0 Å². The third kappa shape index (κ3) is 2.89. The molecule has 0 saturated carbocycles. The van der Waals surface area contributed by atoms with Gasteiger partial charge in [-0.05, 0) is 19.5 Å². The maximum Gasteiger partial charge on any atom is 0.321 e. The summed E-state index contributed by atoms with van der Waals surface area (Å²) < 4.78 is 0. The van der Waals surface area contributed by atoms with Gasteiger partial charge in [-0.25, -0.2) is 0 Å². The largest absolute Gasteiger partial charge is 0.480 e. The standard InChI is InChI=1S/C8H17NO2/c1-8(2,3)6(7(10)11)9(4)5/h6H,1-5H3,(H,10,11)/t6-/m1/s1. The van der Waals surface area contributed by atoms with Crippen molar-refractivity contribution in [2.24, 2.45) is 5.41 Å². The highest BCUT2D eigenvalue weighted by Crippen LogP contribution is 2.22. The fourth-order valence-corrected chi connectivity index (χ4v) is 1.37. The first-order valence-corrected chi connectivity index (χ1v) is 3.66. The van der Waals surface area contributed by atoms with Crippen LogP contribution in [0.15, 0.2) is 0 Å². The molecule has 0 aromatic rings. The van der Waals surface area contributed by atoms with Crippen LogP contribution in [0.5, 0.6) is 0 Å². The summed E-state index contributed by atoms with van der Waals surface area (Å²) >= 11 is 0. The summed E-state index contributed by atoms with van der Waals surface area (Å²) in [6.45, 7) is 5.77. The summed E-state index contributed by atoms with van der Waals surface area (Å²) in [4.78, 5) is 12.5. The number of carbonyl (C=O) groups is 1. The number of carboxylic acid groups (broad SMARTS) is 1. The Morgan fingerprint density at radius 3 is 1.73 bits per heavy atom. The van der Waals surface area contributed by atoms with Crippen molar-refractivity contribution in [2.45, 2.75) is 26.8 Å². The Labute approximate surface area is 68.0 Å². The quantitative estimate of drug-likeness (QED) is 0.654. The maximum absolute atomic E-state index is 10.7. The number of likely N-dealkylation sites (N-methyl/N-ethyl adjacent to an activating group) is 1. The molecule has 0 aliphatic carbocycles. The monoisotopic (exact) mass is 159 g/mol. The van der Waals surface area contributed by atoms with Crippen LogP contribution in [0.25, 0.3) is 0 Å². The molecule has 0 saturated heterocycles. The SMILES string of the molecule is CN(C)[C@H](C(=O)O)C(C)(C)C. The third-order valence-electron chi connectivity index (χ3n) is 1.57. The lowest BCUT2D eigenvalue weighted by Crippen LogP contribution is -2.45. The second-order valence-corrected chi connectivity index (χ2v) is 4.07. The fourth-order valence-electron chi connectivity index (χ4n) is 1.37. The fraction of sp³-hybridized carbons (Fsp3) is 0.875. The Balaban J connectivity index is 4.49. The lowest BCUT2D eigenvalue weighted by atomic mass is 9.86. The van der Waals surface area contributed by atoms with Crippen molar-refractivity contribution in [3.05, 3.63) is 0 Å². The number of aliphatic carboxylic acids is 1. The van der Waals surface area contributed by atoms with Crippen LogP contribution in [0.3, 0.4) is 0 Å². The van der Waals surface area contributed by atoms with Crippen LogP contribution in [-0.4, -0.2) is 36.1 Å². The molecule has 66 valence electrons. The molecule has 11 heavy (non-hydrogen) atoms. The second-order valence-electron chi connectivity index (χ2n) is 4.07. The normalized spacial score (nSPS) is 15.1. The first-order valence-electron chi connectivity index (χ1n) is 3.66. The van der Waals surface area contributed by atoms with Gasteiger partial charge in [0.15, 0.2) is 0 Å². The van der Waals surface area contributed by atoms with E-state index in [1.807, 2.05) is 20.8 Å². The van der Waals surface area contributed by atoms with E-state index in [9.17, 15) is 4.79 Å². The lowest BCUT2D eigenvalue weighted by Gasteiger charge is -2.32. The predicted molar refractivity (Wildman–Crippen MR) is 44.6 cm³/mol. The summed E-state index contributed by atoms with van der Waals surface area (Å²) in [6, 6.07) is -0.414. The molecular weight excluding hydrogens is 142 g/mol. The molecule has 0 aliphatic heterocycles. The zero-order chi connectivity index (χ0) is 9.23. The Morgan fingerprint density at radius 2 is 1.73 bits per heavy atom. The molecule has 0 rings (SSSR count). The summed E-state index contributed by atoms with van der Waals surface area (Å²) in [5, 5.41) is 8.84. The van der Waals surface area contributed by atoms with Crippen LogP contribution >= 0.6 is 0 Å². The summed E-state index contributed by atoms with van der Waals surface area (Å²) in [5.41, 5.74) is -0.213. The van der Waals surface area contributed by atoms with E-state index in [-0.39, 0.29) is 5.41 Å². The molecule has 1 atom stereocenters. The zero-order valence-electron chi connectivity index (χ0n) is 7.88. The first-order chi connectivity index (χ1) is 4.76. The molecule has 0 fully saturated rings. The van der Waals surface area contributed by atoms with Crippen molar-refractivity contribution in [1.82, 2.24) is 4.90 Å². The van der Waals surface area contributed by atoms with E-state index >= 15 is 0 Å². The highest BCUT2D eigenvalue weighted by molar-refractivity contribution is 5.74. The van der Waals surface area contributed by atoms with Crippen molar-refractivity contribution < 1.29 is 9.90 Å². The molecule has 1 N–H and O–H groups in total. The van der Waals surface area contributed by atoms with Crippen LogP contribution in [0.2, 0.25) is 0 Å². The molecule has 3 heteroatoms. The second kappa shape index (κ2) is 3.22. The van der Waals surface area contributed by atoms with E-state index in [0.29, 0.717) is 0 Å². The van der Waals surface area contributed by atoms with Crippen molar-refractivity contribution >= 4 is 5.97 Å². The summed E-state index contributed by atoms with van der Waals surface area (Å²) in [6.07, 6.45) is 0. The molecule has 0 radical (unpaired) electrons. The van der Waals surface area contributed by atoms with Gasteiger partial charge in [-0.2, -0.15) is 0 Å². The van der Waals surface area contributed by atoms with E-state index in [2.05, 4.69) is 0 Å². The molecule has 0 heterocycles. The minimum atomic E-state index is -0.762. The lowest BCUT2D eigenvalue weighted by molar-refractivity contribution is -0.146. The number of nitrogens with zero attached hydrogens (tertiary/aromatic N) is 1. The van der Waals surface area contributed by atoms with Crippen molar-refractivity contribution in [2.75, 3.05) is 14.1 Å². The van der Waals surface area contributed by atoms with E-state index in [0.717, 1.165) is 0 Å². The van der Waals surface area contributed by atoms with Gasteiger partial charge in [0.2, 0.25) is 0 Å². The Hall–Kier alpha value is -0.570. The molecule has 0 aliphatic rings. The molecule has 0 aromatic heterocycles. The first kappa shape index (κ1) is 10.4. The topological polar surface area (TPSA) is 40.5 Å². The maximum atomic E-state index is 10.7. The van der Waals surface area contributed by atoms with Gasteiger partial charge < -0.3 is 5.11 Å². The third-order valence-corrected chi connectivity index (χ3v) is 1.57. The summed E-state index contributed by atoms with van der Waals surface area (Å²) in [5.74, 6) is -0.762. The zero-order valence-corrected chi connectivity index (χ0v) is 7.88. The minimum absolute atomic E-state index is 0.213. The van der Waals surface area contributed by atoms with Gasteiger partial charge in [-0.3, -0.25) is 9.69 Å². The van der Waals surface area contributed by atoms with Gasteiger partial charge in [-0.15, -0.1) is 0 Å². The Bertz CT molecular complexity index is 147. The van der Waals surface area contributed by atoms with E-state index < -0.39 is 12.0 Å². The molecule has 0 amide bonds. The van der Waals surface area contributed by atoms with Crippen LogP contribution in [0.4, 0.5) is 0 Å². The van der Waals surface area contributed by atoms with Gasteiger partial charge >= 0.3 is 5.97 Å². The highest BCUT2D eigenvalue weighted by atomic mass is 16.4. The number of carboxylic acids is 1. The van der Waals surface area contributed by atoms with Crippen LogP contribution in [0, 0.1) is 5.41 Å². The average Bonchev–Trinajstić information content (AvgIpc) is 1.54. The van der Waals surface area contributed by atoms with Crippen LogP contribution < -0.4 is 0 Å². The van der Waals surface area contributed by atoms with Gasteiger partial charge in [0.1, 0.15) is 6.04 Å². The average molecular weight is 159 g/mol. The molecule has 0 unspecified atom stereocenters. The molecule has 0 spiro atoms. The van der Waals surface area contributed by atoms with Crippen LogP contribution in [-0.2, 0) is 4.79 Å². The van der Waals surface area contributed by atoms with Crippen molar-refractivity contribution in [3.63, 3.8) is 0 Å². The smallest absolute Gasteiger partial charge is 0.321 e. The van der Waals surface area contributed by atoms with Gasteiger partial charge in [0, 0.05) is 0 Å². The molecule has 0 aromatic carbocycles. The number of rotatable bonds is 2. The Kier molecular flexibility index (Phi) is 3.05. The van der Waals surface area contributed by atoms with E-state index in [4.69, 9.17) is 5.11 Å². The van der Waals surface area contributed by atoms with E-state index in [1.165, 1.54) is 0 Å². The molecular formula is C8H17NO2. The predicted octanol–water partition coefficient (Wildman–Crippen LogP) is 1.05. The highest BCUT2D eigenvalue weighted by Gasteiger charge is 2.32.